The Morgan fingerprint density at radius 3 is 2.46 bits per heavy atom. The van der Waals surface area contributed by atoms with Crippen molar-refractivity contribution in [3.8, 4) is 5.69 Å². The lowest BCUT2D eigenvalue weighted by Gasteiger charge is -2.32. The number of nitrogens with zero attached hydrogens (tertiary/aromatic N) is 3. The van der Waals surface area contributed by atoms with Crippen LogP contribution in [0.2, 0.25) is 0 Å². The summed E-state index contributed by atoms with van der Waals surface area (Å²) in [7, 11) is 0. The minimum Gasteiger partial charge on any atom is -0.339 e. The average Bonchev–Trinajstić information content (AvgIpc) is 3.24. The number of aryl methyl sites for hydroxylation is 1. The molecular weight excluding hydrogens is 515 g/mol. The molecule has 0 fully saturated rings. The van der Waals surface area contributed by atoms with Gasteiger partial charge in [-0.2, -0.15) is 18.3 Å². The summed E-state index contributed by atoms with van der Waals surface area (Å²) in [4.78, 5) is 37.5. The highest BCUT2D eigenvalue weighted by Crippen LogP contribution is 2.41. The topological polar surface area (TPSA) is 119 Å². The van der Waals surface area contributed by atoms with Crippen molar-refractivity contribution in [3.63, 3.8) is 0 Å². The van der Waals surface area contributed by atoms with E-state index >= 15 is 0 Å². The molecule has 0 unspecified atom stereocenters. The first-order chi connectivity index (χ1) is 18.5. The highest BCUT2D eigenvalue weighted by molar-refractivity contribution is 6.04. The van der Waals surface area contributed by atoms with E-state index in [1.54, 1.807) is 37.3 Å². The second-order valence-corrected chi connectivity index (χ2v) is 8.94. The molecule has 3 aromatic carbocycles. The second kappa shape index (κ2) is 9.71. The molecule has 1 aliphatic rings. The fourth-order valence-electron chi connectivity index (χ4n) is 4.70. The number of amides is 2. The molecule has 1 aromatic heterocycles. The summed E-state index contributed by atoms with van der Waals surface area (Å²) >= 11 is 0. The number of aromatic nitrogens is 2. The smallest absolute Gasteiger partial charge is 0.339 e. The molecule has 9 nitrogen and oxygen atoms in total. The molecule has 39 heavy (non-hydrogen) atoms. The van der Waals surface area contributed by atoms with E-state index in [2.05, 4.69) is 15.7 Å². The Labute approximate surface area is 219 Å². The third-order valence-electron chi connectivity index (χ3n) is 6.45. The normalized spacial score (nSPS) is 16.8. The van der Waals surface area contributed by atoms with Crippen molar-refractivity contribution in [1.29, 1.82) is 0 Å². The van der Waals surface area contributed by atoms with Crippen LogP contribution in [-0.2, 0) is 11.0 Å². The SMILES string of the molecule is Cc1nn(-c2ccccc2)c2c1[C@H](c1cccc([N+](=O)[O-])c1)[C@@H](NC(=O)c1cccc(C(F)(F)F)c1)C(=O)N2. The summed E-state index contributed by atoms with van der Waals surface area (Å²) in [5, 5.41) is 21.4. The van der Waals surface area contributed by atoms with Crippen molar-refractivity contribution in [3.05, 3.63) is 117 Å². The lowest BCUT2D eigenvalue weighted by atomic mass is 9.81. The minimum absolute atomic E-state index is 0.226. The van der Waals surface area contributed by atoms with Crippen LogP contribution < -0.4 is 10.6 Å². The first-order valence-electron chi connectivity index (χ1n) is 11.7. The zero-order valence-electron chi connectivity index (χ0n) is 20.3. The highest BCUT2D eigenvalue weighted by atomic mass is 19.4. The number of halogens is 3. The predicted octanol–water partition coefficient (Wildman–Crippen LogP) is 4.99. The number of non-ortho nitro benzene ring substituents is 1. The summed E-state index contributed by atoms with van der Waals surface area (Å²) in [6.45, 7) is 1.70. The fourth-order valence-corrected chi connectivity index (χ4v) is 4.70. The molecule has 0 radical (unpaired) electrons. The van der Waals surface area contributed by atoms with E-state index in [0.717, 1.165) is 12.1 Å². The molecule has 0 saturated heterocycles. The van der Waals surface area contributed by atoms with E-state index in [1.165, 1.54) is 28.9 Å². The third-order valence-corrected chi connectivity index (χ3v) is 6.45. The van der Waals surface area contributed by atoms with Gasteiger partial charge >= 0.3 is 6.18 Å². The third kappa shape index (κ3) is 4.83. The first kappa shape index (κ1) is 25.6. The van der Waals surface area contributed by atoms with Crippen LogP contribution in [0.15, 0.2) is 78.9 Å². The number of hydrogen-bond donors (Lipinski definition) is 2. The monoisotopic (exact) mass is 535 g/mol. The molecular formula is C27H20F3N5O4. The Bertz CT molecular complexity index is 1600. The zero-order chi connectivity index (χ0) is 27.9. The summed E-state index contributed by atoms with van der Waals surface area (Å²) in [5.74, 6) is -2.17. The molecule has 0 bridgehead atoms. The number of carbonyl (C=O) groups excluding carboxylic acids is 2. The largest absolute Gasteiger partial charge is 0.416 e. The van der Waals surface area contributed by atoms with E-state index < -0.39 is 40.4 Å². The van der Waals surface area contributed by atoms with E-state index in [-0.39, 0.29) is 11.3 Å². The lowest BCUT2D eigenvalue weighted by molar-refractivity contribution is -0.384. The van der Waals surface area contributed by atoms with E-state index in [0.29, 0.717) is 34.4 Å². The van der Waals surface area contributed by atoms with Gasteiger partial charge in [0.25, 0.3) is 11.6 Å². The van der Waals surface area contributed by atoms with Gasteiger partial charge in [-0.1, -0.05) is 36.4 Å². The zero-order valence-corrected chi connectivity index (χ0v) is 20.3. The van der Waals surface area contributed by atoms with Crippen LogP contribution in [0.4, 0.5) is 24.7 Å². The van der Waals surface area contributed by atoms with Crippen molar-refractivity contribution in [2.75, 3.05) is 5.32 Å². The van der Waals surface area contributed by atoms with Gasteiger partial charge in [0, 0.05) is 29.2 Å². The van der Waals surface area contributed by atoms with Gasteiger partial charge in [-0.15, -0.1) is 0 Å². The van der Waals surface area contributed by atoms with Crippen LogP contribution in [0.5, 0.6) is 0 Å². The summed E-state index contributed by atoms with van der Waals surface area (Å²) in [6.07, 6.45) is -4.66. The first-order valence-corrected chi connectivity index (χ1v) is 11.7. The number of carbonyl (C=O) groups is 2. The number of nitro groups is 1. The van der Waals surface area contributed by atoms with Crippen molar-refractivity contribution in [2.24, 2.45) is 0 Å². The van der Waals surface area contributed by atoms with Crippen LogP contribution in [0, 0.1) is 17.0 Å². The van der Waals surface area contributed by atoms with E-state index in [9.17, 15) is 32.9 Å². The fraction of sp³-hybridized carbons (Fsp3) is 0.148. The maximum absolute atomic E-state index is 13.5. The molecule has 12 heteroatoms. The summed E-state index contributed by atoms with van der Waals surface area (Å²) in [5.41, 5.74) is 0.462. The number of nitro benzene ring substituents is 1. The predicted molar refractivity (Wildman–Crippen MR) is 135 cm³/mol. The Morgan fingerprint density at radius 2 is 1.77 bits per heavy atom. The molecule has 2 amide bonds. The number of para-hydroxylation sites is 1. The van der Waals surface area contributed by atoms with Crippen LogP contribution in [-0.4, -0.2) is 32.6 Å². The van der Waals surface area contributed by atoms with Crippen molar-refractivity contribution >= 4 is 23.3 Å². The average molecular weight is 535 g/mol. The molecule has 0 saturated carbocycles. The standard InChI is InChI=1S/C27H20F3N5O4/c1-15-21-22(16-7-6-12-20(14-16)35(38)39)23(31-25(36)17-8-5-9-18(13-17)27(28,29)30)26(37)32-24(21)34(33-15)19-10-3-2-4-11-19/h2-14,22-23H,1H3,(H,31,36)(H,32,37)/t22-,23+/m0/s1. The van der Waals surface area contributed by atoms with Gasteiger partial charge in [0.05, 0.1) is 21.9 Å². The van der Waals surface area contributed by atoms with Crippen molar-refractivity contribution < 1.29 is 27.7 Å². The van der Waals surface area contributed by atoms with Crippen molar-refractivity contribution in [2.45, 2.75) is 25.1 Å². The molecule has 5 rings (SSSR count). The van der Waals surface area contributed by atoms with Crippen molar-refractivity contribution in [1.82, 2.24) is 15.1 Å². The number of rotatable bonds is 5. The minimum atomic E-state index is -4.66. The number of benzene rings is 3. The maximum atomic E-state index is 13.5. The van der Waals surface area contributed by atoms with Crippen LogP contribution in [0.3, 0.4) is 0 Å². The number of alkyl halides is 3. The molecule has 2 N–H and O–H groups in total. The van der Waals surface area contributed by atoms with Crippen LogP contribution in [0.25, 0.3) is 5.69 Å². The molecule has 2 heterocycles. The van der Waals surface area contributed by atoms with Gasteiger partial charge in [-0.05, 0) is 42.8 Å². The van der Waals surface area contributed by atoms with E-state index in [1.807, 2.05) is 6.07 Å². The number of anilines is 1. The lowest BCUT2D eigenvalue weighted by Crippen LogP contribution is -2.50. The van der Waals surface area contributed by atoms with Gasteiger partial charge in [0.2, 0.25) is 5.91 Å². The molecule has 198 valence electrons. The molecule has 1 aliphatic heterocycles. The van der Waals surface area contributed by atoms with Gasteiger partial charge < -0.3 is 10.6 Å². The Kier molecular flexibility index (Phi) is 6.38. The maximum Gasteiger partial charge on any atom is 0.416 e. The second-order valence-electron chi connectivity index (χ2n) is 8.94. The van der Waals surface area contributed by atoms with Crippen LogP contribution >= 0.6 is 0 Å². The number of hydrogen-bond acceptors (Lipinski definition) is 5. The highest BCUT2D eigenvalue weighted by Gasteiger charge is 2.42. The number of fused-ring (bicyclic) bond motifs is 1. The molecule has 4 aromatic rings. The molecule has 0 spiro atoms. The Morgan fingerprint density at radius 1 is 1.05 bits per heavy atom. The van der Waals surface area contributed by atoms with Gasteiger partial charge in [-0.3, -0.25) is 19.7 Å². The van der Waals surface area contributed by atoms with Crippen LogP contribution in [0.1, 0.15) is 38.7 Å². The van der Waals surface area contributed by atoms with Gasteiger partial charge in [0.15, 0.2) is 0 Å². The molecule has 2 atom stereocenters. The van der Waals surface area contributed by atoms with Gasteiger partial charge in [-0.25, -0.2) is 4.68 Å². The summed E-state index contributed by atoms with van der Waals surface area (Å²) in [6, 6.07) is 17.1. The quantitative estimate of drug-likeness (QED) is 0.276. The number of nitrogens with one attached hydrogen (secondary N) is 2. The van der Waals surface area contributed by atoms with E-state index in [4.69, 9.17) is 0 Å². The molecule has 0 aliphatic carbocycles. The Balaban J connectivity index is 1.62. The van der Waals surface area contributed by atoms with Gasteiger partial charge in [0.1, 0.15) is 11.9 Å². The Hall–Kier alpha value is -5.00. The summed E-state index contributed by atoms with van der Waals surface area (Å²) < 4.78 is 41.2.